The maximum absolute atomic E-state index is 12.9. The highest BCUT2D eigenvalue weighted by Crippen LogP contribution is 2.25. The van der Waals surface area contributed by atoms with Gasteiger partial charge in [-0.25, -0.2) is 9.78 Å². The molecule has 0 aliphatic carbocycles. The van der Waals surface area contributed by atoms with Gasteiger partial charge in [0.25, 0.3) is 5.91 Å². The minimum Gasteiger partial charge on any atom is -0.444 e. The van der Waals surface area contributed by atoms with Crippen molar-refractivity contribution in [2.24, 2.45) is 0 Å². The van der Waals surface area contributed by atoms with Gasteiger partial charge in [0, 0.05) is 12.7 Å². The van der Waals surface area contributed by atoms with Crippen molar-refractivity contribution in [2.45, 2.75) is 51.9 Å². The van der Waals surface area contributed by atoms with Crippen LogP contribution in [0.2, 0.25) is 5.02 Å². The van der Waals surface area contributed by atoms with Gasteiger partial charge in [-0.3, -0.25) is 4.79 Å². The number of fused-ring (bicyclic) bond motifs is 1. The van der Waals surface area contributed by atoms with E-state index in [4.69, 9.17) is 21.1 Å². The fourth-order valence-corrected chi connectivity index (χ4v) is 3.41. The largest absolute Gasteiger partial charge is 0.444 e. The second kappa shape index (κ2) is 7.84. The van der Waals surface area contributed by atoms with Crippen molar-refractivity contribution in [3.05, 3.63) is 35.4 Å². The van der Waals surface area contributed by atoms with Crippen LogP contribution in [0.5, 0.6) is 0 Å². The standard InChI is InChI=1S/C20H27ClN4O4/c1-19(2,3)29-18(27)24-9-10-28-15(12-24)16(26)23-20(4,5)17-22-11-14-13(21)7-6-8-25(14)17/h6-8,11,15H,9-10,12H2,1-5H3,(H,23,26)/t15-/m0/s1. The Kier molecular flexibility index (Phi) is 5.78. The van der Waals surface area contributed by atoms with E-state index in [1.807, 2.05) is 30.5 Å². The molecule has 8 nitrogen and oxygen atoms in total. The highest BCUT2D eigenvalue weighted by Gasteiger charge is 2.35. The maximum atomic E-state index is 12.9. The Labute approximate surface area is 175 Å². The number of amides is 2. The molecule has 0 unspecified atom stereocenters. The zero-order valence-corrected chi connectivity index (χ0v) is 18.1. The average Bonchev–Trinajstić information content (AvgIpc) is 3.06. The van der Waals surface area contributed by atoms with Crippen LogP contribution >= 0.6 is 11.6 Å². The summed E-state index contributed by atoms with van der Waals surface area (Å²) in [7, 11) is 0. The first-order chi connectivity index (χ1) is 13.5. The monoisotopic (exact) mass is 422 g/mol. The minimum absolute atomic E-state index is 0.130. The molecule has 1 saturated heterocycles. The van der Waals surface area contributed by atoms with Gasteiger partial charge in [-0.15, -0.1) is 0 Å². The molecule has 0 saturated carbocycles. The van der Waals surface area contributed by atoms with Crippen LogP contribution in [-0.4, -0.2) is 57.7 Å². The molecule has 3 heterocycles. The molecule has 0 aromatic carbocycles. The Balaban J connectivity index is 1.71. The first-order valence-corrected chi connectivity index (χ1v) is 9.89. The van der Waals surface area contributed by atoms with Crippen LogP contribution in [-0.2, 0) is 19.8 Å². The van der Waals surface area contributed by atoms with Gasteiger partial charge in [-0.2, -0.15) is 0 Å². The number of hydrogen-bond donors (Lipinski definition) is 1. The SMILES string of the molecule is CC(C)(C)OC(=O)N1CCO[C@H](C(=O)NC(C)(C)c2ncc3c(Cl)cccn23)C1. The van der Waals surface area contributed by atoms with E-state index in [1.165, 1.54) is 4.90 Å². The lowest BCUT2D eigenvalue weighted by atomic mass is 10.0. The minimum atomic E-state index is -0.787. The molecular weight excluding hydrogens is 396 g/mol. The van der Waals surface area contributed by atoms with E-state index in [1.54, 1.807) is 33.0 Å². The third kappa shape index (κ3) is 4.82. The molecule has 1 fully saturated rings. The number of pyridine rings is 1. The van der Waals surface area contributed by atoms with E-state index in [9.17, 15) is 9.59 Å². The summed E-state index contributed by atoms with van der Waals surface area (Å²) in [5.74, 6) is 0.324. The number of carbonyl (C=O) groups excluding carboxylic acids is 2. The summed E-state index contributed by atoms with van der Waals surface area (Å²) in [5.41, 5.74) is -0.624. The zero-order valence-electron chi connectivity index (χ0n) is 17.4. The van der Waals surface area contributed by atoms with Crippen LogP contribution in [0.1, 0.15) is 40.4 Å². The summed E-state index contributed by atoms with van der Waals surface area (Å²) < 4.78 is 12.9. The Morgan fingerprint density at radius 1 is 1.31 bits per heavy atom. The van der Waals surface area contributed by atoms with Crippen molar-refractivity contribution in [1.29, 1.82) is 0 Å². The Morgan fingerprint density at radius 3 is 2.72 bits per heavy atom. The van der Waals surface area contributed by atoms with E-state index < -0.39 is 23.3 Å². The summed E-state index contributed by atoms with van der Waals surface area (Å²) in [4.78, 5) is 31.2. The van der Waals surface area contributed by atoms with E-state index in [0.29, 0.717) is 17.4 Å². The first-order valence-electron chi connectivity index (χ1n) is 9.51. The molecule has 29 heavy (non-hydrogen) atoms. The molecule has 9 heteroatoms. The van der Waals surface area contributed by atoms with Crippen LogP contribution in [0, 0.1) is 0 Å². The number of carbonyl (C=O) groups is 2. The molecule has 0 radical (unpaired) electrons. The van der Waals surface area contributed by atoms with Gasteiger partial charge in [0.15, 0.2) is 6.10 Å². The molecule has 1 aliphatic rings. The van der Waals surface area contributed by atoms with Crippen LogP contribution in [0.15, 0.2) is 24.5 Å². The Morgan fingerprint density at radius 2 is 2.03 bits per heavy atom. The lowest BCUT2D eigenvalue weighted by Gasteiger charge is -2.35. The zero-order chi connectivity index (χ0) is 21.4. The quantitative estimate of drug-likeness (QED) is 0.821. The summed E-state index contributed by atoms with van der Waals surface area (Å²) in [6, 6.07) is 3.61. The van der Waals surface area contributed by atoms with Gasteiger partial charge in [0.1, 0.15) is 11.4 Å². The van der Waals surface area contributed by atoms with E-state index in [-0.39, 0.29) is 19.1 Å². The second-order valence-corrected chi connectivity index (χ2v) is 9.00. The van der Waals surface area contributed by atoms with Crippen molar-refractivity contribution in [1.82, 2.24) is 19.6 Å². The summed E-state index contributed by atoms with van der Waals surface area (Å²) in [5, 5.41) is 3.56. The van der Waals surface area contributed by atoms with Gasteiger partial charge in [0.2, 0.25) is 0 Å². The third-order valence-electron chi connectivity index (χ3n) is 4.52. The van der Waals surface area contributed by atoms with Gasteiger partial charge >= 0.3 is 6.09 Å². The van der Waals surface area contributed by atoms with Gasteiger partial charge in [-0.1, -0.05) is 11.6 Å². The predicted molar refractivity (Wildman–Crippen MR) is 109 cm³/mol. The molecular formula is C20H27ClN4O4. The van der Waals surface area contributed by atoms with Crippen molar-refractivity contribution in [3.8, 4) is 0 Å². The predicted octanol–water partition coefficient (Wildman–Crippen LogP) is 2.97. The van der Waals surface area contributed by atoms with Gasteiger partial charge in [-0.05, 0) is 46.8 Å². The molecule has 0 bridgehead atoms. The van der Waals surface area contributed by atoms with Crippen molar-refractivity contribution in [2.75, 3.05) is 19.7 Å². The van der Waals surface area contributed by atoms with E-state index in [2.05, 4.69) is 10.3 Å². The van der Waals surface area contributed by atoms with Crippen LogP contribution in [0.3, 0.4) is 0 Å². The van der Waals surface area contributed by atoms with Gasteiger partial charge < -0.3 is 24.1 Å². The number of rotatable bonds is 3. The highest BCUT2D eigenvalue weighted by atomic mass is 35.5. The number of morpholine rings is 1. The smallest absolute Gasteiger partial charge is 0.410 e. The highest BCUT2D eigenvalue weighted by molar-refractivity contribution is 6.33. The number of imidazole rings is 1. The summed E-state index contributed by atoms with van der Waals surface area (Å²) >= 11 is 6.22. The number of nitrogens with zero attached hydrogens (tertiary/aromatic N) is 3. The number of nitrogens with one attached hydrogen (secondary N) is 1. The topological polar surface area (TPSA) is 85.2 Å². The fourth-order valence-electron chi connectivity index (χ4n) is 3.19. The van der Waals surface area contributed by atoms with Crippen molar-refractivity contribution >= 4 is 29.1 Å². The lowest BCUT2D eigenvalue weighted by Crippen LogP contribution is -2.55. The number of hydrogen-bond acceptors (Lipinski definition) is 5. The van der Waals surface area contributed by atoms with Crippen LogP contribution in [0.4, 0.5) is 4.79 Å². The first kappa shape index (κ1) is 21.4. The van der Waals surface area contributed by atoms with Gasteiger partial charge in [0.05, 0.1) is 35.4 Å². The van der Waals surface area contributed by atoms with E-state index in [0.717, 1.165) is 5.52 Å². The molecule has 3 rings (SSSR count). The number of aromatic nitrogens is 2. The molecule has 2 aromatic rings. The molecule has 2 aromatic heterocycles. The molecule has 0 spiro atoms. The Hall–Kier alpha value is -2.32. The summed E-state index contributed by atoms with van der Waals surface area (Å²) in [6.07, 6.45) is 2.28. The second-order valence-electron chi connectivity index (χ2n) is 8.59. The third-order valence-corrected chi connectivity index (χ3v) is 4.84. The Bertz CT molecular complexity index is 919. The number of halogens is 1. The molecule has 1 atom stereocenters. The van der Waals surface area contributed by atoms with E-state index >= 15 is 0 Å². The van der Waals surface area contributed by atoms with Crippen LogP contribution < -0.4 is 5.32 Å². The molecule has 2 amide bonds. The van der Waals surface area contributed by atoms with Crippen LogP contribution in [0.25, 0.3) is 5.52 Å². The normalized spacial score (nSPS) is 18.0. The number of ether oxygens (including phenoxy) is 2. The summed E-state index contributed by atoms with van der Waals surface area (Å²) in [6.45, 7) is 9.90. The molecule has 1 N–H and O–H groups in total. The molecule has 1 aliphatic heterocycles. The molecule has 158 valence electrons. The fraction of sp³-hybridized carbons (Fsp3) is 0.550. The average molecular weight is 423 g/mol. The maximum Gasteiger partial charge on any atom is 0.410 e. The van der Waals surface area contributed by atoms with Crippen molar-refractivity contribution < 1.29 is 19.1 Å². The van der Waals surface area contributed by atoms with Crippen molar-refractivity contribution in [3.63, 3.8) is 0 Å². The lowest BCUT2D eigenvalue weighted by molar-refractivity contribution is -0.139.